The van der Waals surface area contributed by atoms with E-state index < -0.39 is 11.7 Å². The maximum absolute atomic E-state index is 12.0. The van der Waals surface area contributed by atoms with Gasteiger partial charge in [0.05, 0.1) is 11.4 Å². The van der Waals surface area contributed by atoms with E-state index in [0.29, 0.717) is 11.3 Å². The summed E-state index contributed by atoms with van der Waals surface area (Å²) in [6, 6.07) is 9.82. The van der Waals surface area contributed by atoms with Crippen LogP contribution in [0.4, 0.5) is 5.69 Å². The summed E-state index contributed by atoms with van der Waals surface area (Å²) in [5, 5.41) is 8.60. The molecule has 0 spiro atoms. The van der Waals surface area contributed by atoms with Gasteiger partial charge in [-0.1, -0.05) is 6.07 Å². The molecule has 2 amide bonds. The second-order valence-electron chi connectivity index (χ2n) is 5.11. The minimum atomic E-state index is -0.609. The Hall–Kier alpha value is -3.20. The standard InChI is InChI=1S/C16H14N4O4S/c17-14(22)10-3-5-11(6-4-10)18-13(21)7-8-20-16(23)24-15(19-20)12-2-1-9-25-12/h1-6,9H,7-8H2,(H2,17,22)(H,18,21). The lowest BCUT2D eigenvalue weighted by Crippen LogP contribution is -2.21. The van der Waals surface area contributed by atoms with Gasteiger partial charge in [-0.15, -0.1) is 16.4 Å². The van der Waals surface area contributed by atoms with E-state index in [-0.39, 0.29) is 24.8 Å². The number of benzene rings is 1. The molecule has 1 aromatic carbocycles. The molecule has 0 unspecified atom stereocenters. The largest absolute Gasteiger partial charge is 0.437 e. The summed E-state index contributed by atoms with van der Waals surface area (Å²) in [5.41, 5.74) is 6.04. The van der Waals surface area contributed by atoms with E-state index in [9.17, 15) is 14.4 Å². The molecule has 0 aliphatic rings. The van der Waals surface area contributed by atoms with Gasteiger partial charge in [0, 0.05) is 17.7 Å². The molecule has 3 rings (SSSR count). The van der Waals surface area contributed by atoms with E-state index >= 15 is 0 Å². The van der Waals surface area contributed by atoms with Crippen molar-refractivity contribution in [1.82, 2.24) is 9.78 Å². The van der Waals surface area contributed by atoms with Crippen LogP contribution in [0.1, 0.15) is 16.8 Å². The zero-order chi connectivity index (χ0) is 17.8. The van der Waals surface area contributed by atoms with E-state index in [1.54, 1.807) is 18.2 Å². The van der Waals surface area contributed by atoms with Crippen molar-refractivity contribution < 1.29 is 14.0 Å². The molecule has 0 atom stereocenters. The zero-order valence-electron chi connectivity index (χ0n) is 13.0. The Labute approximate surface area is 145 Å². The van der Waals surface area contributed by atoms with Crippen LogP contribution in [-0.4, -0.2) is 21.6 Å². The highest BCUT2D eigenvalue weighted by atomic mass is 32.1. The molecule has 0 radical (unpaired) electrons. The summed E-state index contributed by atoms with van der Waals surface area (Å²) >= 11 is 1.41. The number of rotatable bonds is 6. The van der Waals surface area contributed by atoms with Crippen LogP contribution in [0.5, 0.6) is 0 Å². The maximum atomic E-state index is 12.0. The maximum Gasteiger partial charge on any atom is 0.437 e. The number of primary amides is 1. The van der Waals surface area contributed by atoms with Crippen LogP contribution in [0.25, 0.3) is 10.8 Å². The second-order valence-corrected chi connectivity index (χ2v) is 6.06. The number of aromatic nitrogens is 2. The van der Waals surface area contributed by atoms with Gasteiger partial charge in [0.15, 0.2) is 0 Å². The van der Waals surface area contributed by atoms with Crippen LogP contribution in [-0.2, 0) is 11.3 Å². The fourth-order valence-electron chi connectivity index (χ4n) is 2.10. The Morgan fingerprint density at radius 1 is 1.24 bits per heavy atom. The first kappa shape index (κ1) is 16.7. The van der Waals surface area contributed by atoms with Crippen molar-refractivity contribution in [3.05, 3.63) is 57.9 Å². The highest BCUT2D eigenvalue weighted by molar-refractivity contribution is 7.13. The summed E-state index contributed by atoms with van der Waals surface area (Å²) in [7, 11) is 0. The lowest BCUT2D eigenvalue weighted by atomic mass is 10.2. The summed E-state index contributed by atoms with van der Waals surface area (Å²) in [4.78, 5) is 35.5. The first-order chi connectivity index (χ1) is 12.0. The summed E-state index contributed by atoms with van der Waals surface area (Å²) in [6.45, 7) is 0.0961. The molecule has 0 fully saturated rings. The predicted molar refractivity (Wildman–Crippen MR) is 92.3 cm³/mol. The minimum absolute atomic E-state index is 0.0495. The van der Waals surface area contributed by atoms with E-state index in [0.717, 1.165) is 9.56 Å². The Morgan fingerprint density at radius 3 is 2.64 bits per heavy atom. The van der Waals surface area contributed by atoms with Gasteiger partial charge in [-0.2, -0.15) is 4.68 Å². The molecular formula is C16H14N4O4S. The molecule has 0 aliphatic heterocycles. The predicted octanol–water partition coefficient (Wildman–Crippen LogP) is 1.69. The number of aryl methyl sites for hydroxylation is 1. The van der Waals surface area contributed by atoms with Gasteiger partial charge in [0.1, 0.15) is 0 Å². The molecule has 128 valence electrons. The van der Waals surface area contributed by atoms with Crippen LogP contribution in [0.2, 0.25) is 0 Å². The highest BCUT2D eigenvalue weighted by Crippen LogP contribution is 2.21. The van der Waals surface area contributed by atoms with Gasteiger partial charge >= 0.3 is 5.76 Å². The number of carbonyl (C=O) groups is 2. The lowest BCUT2D eigenvalue weighted by molar-refractivity contribution is -0.116. The number of amides is 2. The van der Waals surface area contributed by atoms with Gasteiger partial charge in [0.2, 0.25) is 11.8 Å². The molecule has 8 nitrogen and oxygen atoms in total. The number of hydrogen-bond donors (Lipinski definition) is 2. The third-order valence-corrected chi connectivity index (χ3v) is 4.20. The summed E-state index contributed by atoms with van der Waals surface area (Å²) in [5.74, 6) is -1.20. The Kier molecular flexibility index (Phi) is 4.75. The van der Waals surface area contributed by atoms with E-state index in [1.807, 2.05) is 11.4 Å². The molecule has 0 aliphatic carbocycles. The molecule has 2 aromatic heterocycles. The Morgan fingerprint density at radius 2 is 2.00 bits per heavy atom. The molecule has 25 heavy (non-hydrogen) atoms. The van der Waals surface area contributed by atoms with E-state index in [1.165, 1.54) is 23.5 Å². The van der Waals surface area contributed by atoms with Crippen LogP contribution >= 0.6 is 11.3 Å². The van der Waals surface area contributed by atoms with Crippen molar-refractivity contribution in [2.75, 3.05) is 5.32 Å². The molecular weight excluding hydrogens is 344 g/mol. The van der Waals surface area contributed by atoms with Gasteiger partial charge in [-0.3, -0.25) is 9.59 Å². The van der Waals surface area contributed by atoms with Crippen LogP contribution < -0.4 is 16.8 Å². The molecule has 2 heterocycles. The zero-order valence-corrected chi connectivity index (χ0v) is 13.8. The fourth-order valence-corrected chi connectivity index (χ4v) is 2.74. The van der Waals surface area contributed by atoms with E-state index in [4.69, 9.17) is 10.2 Å². The molecule has 0 saturated carbocycles. The number of thiophene rings is 1. The highest BCUT2D eigenvalue weighted by Gasteiger charge is 2.12. The second kappa shape index (κ2) is 7.14. The summed E-state index contributed by atoms with van der Waals surface area (Å²) in [6.07, 6.45) is 0.0495. The molecule has 0 saturated heterocycles. The van der Waals surface area contributed by atoms with Crippen LogP contribution in [0, 0.1) is 0 Å². The smallest absolute Gasteiger partial charge is 0.387 e. The number of anilines is 1. The third-order valence-electron chi connectivity index (χ3n) is 3.34. The Balaban J connectivity index is 1.59. The fraction of sp³-hybridized carbons (Fsp3) is 0.125. The van der Waals surface area contributed by atoms with Crippen LogP contribution in [0.15, 0.2) is 51.0 Å². The van der Waals surface area contributed by atoms with Gasteiger partial charge in [-0.05, 0) is 35.7 Å². The SMILES string of the molecule is NC(=O)c1ccc(NC(=O)CCn2nc(-c3cccs3)oc2=O)cc1. The normalized spacial score (nSPS) is 10.6. The van der Waals surface area contributed by atoms with Crippen molar-refractivity contribution in [3.8, 4) is 10.8 Å². The average molecular weight is 358 g/mol. The number of carbonyl (C=O) groups excluding carboxylic acids is 2. The third kappa shape index (κ3) is 4.01. The molecule has 9 heteroatoms. The van der Waals surface area contributed by atoms with Gasteiger partial charge in [-0.25, -0.2) is 4.79 Å². The van der Waals surface area contributed by atoms with Crippen molar-refractivity contribution >= 4 is 28.8 Å². The average Bonchev–Trinajstić information content (AvgIpc) is 3.23. The van der Waals surface area contributed by atoms with Crippen molar-refractivity contribution in [3.63, 3.8) is 0 Å². The van der Waals surface area contributed by atoms with Crippen molar-refractivity contribution in [1.29, 1.82) is 0 Å². The van der Waals surface area contributed by atoms with Gasteiger partial charge in [0.25, 0.3) is 5.89 Å². The molecule has 0 bridgehead atoms. The number of hydrogen-bond acceptors (Lipinski definition) is 6. The first-order valence-corrected chi connectivity index (χ1v) is 8.22. The number of nitrogens with two attached hydrogens (primary N) is 1. The van der Waals surface area contributed by atoms with Crippen molar-refractivity contribution in [2.24, 2.45) is 5.73 Å². The lowest BCUT2D eigenvalue weighted by Gasteiger charge is -2.05. The van der Waals surface area contributed by atoms with Gasteiger partial charge < -0.3 is 15.5 Å². The first-order valence-electron chi connectivity index (χ1n) is 7.34. The molecule has 3 N–H and O–H groups in total. The van der Waals surface area contributed by atoms with Crippen molar-refractivity contribution in [2.45, 2.75) is 13.0 Å². The summed E-state index contributed by atoms with van der Waals surface area (Å²) < 4.78 is 6.19. The number of nitrogens with zero attached hydrogens (tertiary/aromatic N) is 2. The number of nitrogens with one attached hydrogen (secondary N) is 1. The molecule has 3 aromatic rings. The van der Waals surface area contributed by atoms with E-state index in [2.05, 4.69) is 10.4 Å². The topological polar surface area (TPSA) is 120 Å². The monoisotopic (exact) mass is 358 g/mol. The van der Waals surface area contributed by atoms with Crippen LogP contribution in [0.3, 0.4) is 0 Å². The quantitative estimate of drug-likeness (QED) is 0.695. The Bertz CT molecular complexity index is 941. The minimum Gasteiger partial charge on any atom is -0.387 e.